The maximum absolute atomic E-state index is 12.3. The van der Waals surface area contributed by atoms with E-state index in [-0.39, 0.29) is 5.91 Å². The average Bonchev–Trinajstić information content (AvgIpc) is 2.58. The van der Waals surface area contributed by atoms with E-state index in [0.29, 0.717) is 6.54 Å². The molecule has 2 aliphatic rings. The molecule has 1 amide bonds. The first-order valence-corrected chi connectivity index (χ1v) is 10.3. The maximum Gasteiger partial charge on any atom is 0.238 e. The van der Waals surface area contributed by atoms with Crippen molar-refractivity contribution >= 4 is 23.4 Å². The van der Waals surface area contributed by atoms with Crippen LogP contribution < -0.4 is 5.32 Å². The van der Waals surface area contributed by atoms with E-state index >= 15 is 0 Å². The van der Waals surface area contributed by atoms with Crippen molar-refractivity contribution in [3.8, 4) is 0 Å². The Morgan fingerprint density at radius 2 is 1.92 bits per heavy atom. The fourth-order valence-electron chi connectivity index (χ4n) is 3.39. The van der Waals surface area contributed by atoms with Gasteiger partial charge in [-0.2, -0.15) is 11.8 Å². The van der Waals surface area contributed by atoms with Crippen LogP contribution in [0.5, 0.6) is 0 Å². The number of amides is 1. The molecule has 2 heterocycles. The van der Waals surface area contributed by atoms with E-state index in [2.05, 4.69) is 34.2 Å². The molecule has 0 saturated carbocycles. The molecule has 1 N–H and O–H groups in total. The van der Waals surface area contributed by atoms with Crippen LogP contribution in [0, 0.1) is 5.92 Å². The summed E-state index contributed by atoms with van der Waals surface area (Å²) in [6.07, 6.45) is 2.41. The van der Waals surface area contributed by atoms with Gasteiger partial charge in [-0.25, -0.2) is 0 Å². The van der Waals surface area contributed by atoms with Gasteiger partial charge >= 0.3 is 0 Å². The average molecular weight is 348 g/mol. The van der Waals surface area contributed by atoms with Crippen LogP contribution in [0.1, 0.15) is 25.3 Å². The fraction of sp³-hybridized carbons (Fsp3) is 0.632. The van der Waals surface area contributed by atoms with E-state index in [9.17, 15) is 4.79 Å². The van der Waals surface area contributed by atoms with Gasteiger partial charge in [-0.3, -0.25) is 14.6 Å². The van der Waals surface area contributed by atoms with E-state index in [1.54, 1.807) is 0 Å². The van der Waals surface area contributed by atoms with Crippen LogP contribution in [-0.2, 0) is 11.3 Å². The van der Waals surface area contributed by atoms with Crippen molar-refractivity contribution in [2.45, 2.75) is 26.3 Å². The molecule has 2 saturated heterocycles. The molecule has 0 unspecified atom stereocenters. The Hall–Kier alpha value is -1.04. The zero-order chi connectivity index (χ0) is 16.8. The third-order valence-electron chi connectivity index (χ3n) is 4.96. The lowest BCUT2D eigenvalue weighted by Crippen LogP contribution is -2.38. The van der Waals surface area contributed by atoms with Crippen molar-refractivity contribution in [2.75, 3.05) is 49.5 Å². The van der Waals surface area contributed by atoms with Crippen LogP contribution in [0.4, 0.5) is 5.69 Å². The second kappa shape index (κ2) is 8.88. The zero-order valence-electron chi connectivity index (χ0n) is 14.7. The quantitative estimate of drug-likeness (QED) is 0.888. The smallest absolute Gasteiger partial charge is 0.238 e. The van der Waals surface area contributed by atoms with Crippen LogP contribution in [0.15, 0.2) is 24.3 Å². The third kappa shape index (κ3) is 5.50. The molecule has 0 atom stereocenters. The van der Waals surface area contributed by atoms with Gasteiger partial charge in [0.25, 0.3) is 0 Å². The van der Waals surface area contributed by atoms with Gasteiger partial charge in [-0.15, -0.1) is 0 Å². The Balaban J connectivity index is 1.49. The number of rotatable bonds is 5. The molecule has 0 radical (unpaired) electrons. The summed E-state index contributed by atoms with van der Waals surface area (Å²) < 4.78 is 0. The van der Waals surface area contributed by atoms with Crippen LogP contribution in [0.2, 0.25) is 0 Å². The maximum atomic E-state index is 12.3. The molecule has 1 aromatic carbocycles. The topological polar surface area (TPSA) is 35.6 Å². The van der Waals surface area contributed by atoms with Crippen LogP contribution in [0.25, 0.3) is 0 Å². The molecule has 24 heavy (non-hydrogen) atoms. The van der Waals surface area contributed by atoms with Crippen molar-refractivity contribution in [2.24, 2.45) is 5.92 Å². The number of nitrogens with one attached hydrogen (secondary N) is 1. The molecule has 0 aliphatic carbocycles. The summed E-state index contributed by atoms with van der Waals surface area (Å²) in [6.45, 7) is 8.20. The lowest BCUT2D eigenvalue weighted by molar-refractivity contribution is -0.117. The van der Waals surface area contributed by atoms with Gasteiger partial charge < -0.3 is 5.32 Å². The van der Waals surface area contributed by atoms with E-state index in [1.165, 1.54) is 29.9 Å². The van der Waals surface area contributed by atoms with E-state index in [0.717, 1.165) is 44.3 Å². The summed E-state index contributed by atoms with van der Waals surface area (Å²) in [4.78, 5) is 17.1. The molecular weight excluding hydrogens is 318 g/mol. The third-order valence-corrected chi connectivity index (χ3v) is 5.91. The summed E-state index contributed by atoms with van der Waals surface area (Å²) in [6, 6.07) is 8.32. The first kappa shape index (κ1) is 17.8. The number of piperidine rings is 1. The minimum absolute atomic E-state index is 0.107. The van der Waals surface area contributed by atoms with Crippen molar-refractivity contribution in [1.29, 1.82) is 0 Å². The lowest BCUT2D eigenvalue weighted by atomic mass is 9.99. The number of thioether (sulfide) groups is 1. The molecule has 4 nitrogen and oxygen atoms in total. The molecule has 0 bridgehead atoms. The summed E-state index contributed by atoms with van der Waals surface area (Å²) in [5, 5.41) is 3.07. The van der Waals surface area contributed by atoms with Gasteiger partial charge in [0.1, 0.15) is 0 Å². The van der Waals surface area contributed by atoms with Gasteiger partial charge in [-0.05, 0) is 49.5 Å². The first-order valence-electron chi connectivity index (χ1n) is 9.10. The lowest BCUT2D eigenvalue weighted by Gasteiger charge is -2.29. The van der Waals surface area contributed by atoms with Crippen LogP contribution in [-0.4, -0.2) is 59.9 Å². The second-order valence-corrected chi connectivity index (χ2v) is 8.32. The minimum Gasteiger partial charge on any atom is -0.325 e. The molecule has 2 aliphatic heterocycles. The minimum atomic E-state index is 0.107. The van der Waals surface area contributed by atoms with Gasteiger partial charge in [0, 0.05) is 36.8 Å². The van der Waals surface area contributed by atoms with E-state index in [1.807, 2.05) is 23.9 Å². The van der Waals surface area contributed by atoms with Crippen molar-refractivity contribution in [3.05, 3.63) is 29.8 Å². The predicted octanol–water partition coefficient (Wildman–Crippen LogP) is 2.91. The van der Waals surface area contributed by atoms with Crippen LogP contribution >= 0.6 is 11.8 Å². The van der Waals surface area contributed by atoms with Crippen molar-refractivity contribution in [1.82, 2.24) is 9.80 Å². The SMILES string of the molecule is CC1CCN(CC(=O)Nc2cccc(CN3CCSCC3)c2)CC1. The predicted molar refractivity (Wildman–Crippen MR) is 103 cm³/mol. The Bertz CT molecular complexity index is 537. The first-order chi connectivity index (χ1) is 11.7. The van der Waals surface area contributed by atoms with E-state index < -0.39 is 0 Å². The highest BCUT2D eigenvalue weighted by Crippen LogP contribution is 2.17. The number of hydrogen-bond donors (Lipinski definition) is 1. The number of nitrogens with zero attached hydrogens (tertiary/aromatic N) is 2. The van der Waals surface area contributed by atoms with Crippen molar-refractivity contribution in [3.63, 3.8) is 0 Å². The molecule has 5 heteroatoms. The molecule has 3 rings (SSSR count). The number of carbonyl (C=O) groups is 1. The molecule has 132 valence electrons. The largest absolute Gasteiger partial charge is 0.325 e. The summed E-state index contributed by atoms with van der Waals surface area (Å²) in [5.41, 5.74) is 2.21. The summed E-state index contributed by atoms with van der Waals surface area (Å²) in [5.74, 6) is 3.36. The number of anilines is 1. The highest BCUT2D eigenvalue weighted by molar-refractivity contribution is 7.99. The summed E-state index contributed by atoms with van der Waals surface area (Å²) in [7, 11) is 0. The zero-order valence-corrected chi connectivity index (χ0v) is 15.5. The van der Waals surface area contributed by atoms with Gasteiger partial charge in [0.05, 0.1) is 6.54 Å². The molecule has 0 spiro atoms. The fourth-order valence-corrected chi connectivity index (χ4v) is 4.37. The van der Waals surface area contributed by atoms with Gasteiger partial charge in [-0.1, -0.05) is 19.1 Å². The standard InChI is InChI=1S/C19H29N3OS/c1-16-5-7-21(8-6-16)15-19(23)20-18-4-2-3-17(13-18)14-22-9-11-24-12-10-22/h2-4,13,16H,5-12,14-15H2,1H3,(H,20,23). The summed E-state index contributed by atoms with van der Waals surface area (Å²) >= 11 is 2.03. The Morgan fingerprint density at radius 1 is 1.17 bits per heavy atom. The molecular formula is C19H29N3OS. The normalized spacial score (nSPS) is 20.9. The van der Waals surface area contributed by atoms with Gasteiger partial charge in [0.2, 0.25) is 5.91 Å². The molecule has 1 aromatic rings. The van der Waals surface area contributed by atoms with E-state index in [4.69, 9.17) is 0 Å². The Labute approximate surface area is 150 Å². The van der Waals surface area contributed by atoms with Crippen LogP contribution in [0.3, 0.4) is 0 Å². The molecule has 0 aromatic heterocycles. The number of carbonyl (C=O) groups excluding carboxylic acids is 1. The van der Waals surface area contributed by atoms with Crippen molar-refractivity contribution < 1.29 is 4.79 Å². The number of hydrogen-bond acceptors (Lipinski definition) is 4. The Morgan fingerprint density at radius 3 is 2.67 bits per heavy atom. The second-order valence-electron chi connectivity index (χ2n) is 7.10. The molecule has 2 fully saturated rings. The van der Waals surface area contributed by atoms with Gasteiger partial charge in [0.15, 0.2) is 0 Å². The highest BCUT2D eigenvalue weighted by Gasteiger charge is 2.18. The highest BCUT2D eigenvalue weighted by atomic mass is 32.2. The monoisotopic (exact) mass is 347 g/mol. The number of benzene rings is 1. The Kier molecular flexibility index (Phi) is 6.58. The number of likely N-dealkylation sites (tertiary alicyclic amines) is 1.